The number of aliphatic hydroxyl groups excluding tert-OH is 1. The summed E-state index contributed by atoms with van der Waals surface area (Å²) < 4.78 is 0. The SMILES string of the molecule is C[C@H](O)[C@H](C)CCCC(=O)O. The van der Waals surface area contributed by atoms with Crippen LogP contribution in [0.4, 0.5) is 0 Å². The van der Waals surface area contributed by atoms with Gasteiger partial charge in [-0.25, -0.2) is 0 Å². The lowest BCUT2D eigenvalue weighted by atomic mass is 9.99. The van der Waals surface area contributed by atoms with Crippen molar-refractivity contribution in [2.45, 2.75) is 39.2 Å². The van der Waals surface area contributed by atoms with E-state index in [0.717, 1.165) is 6.42 Å². The summed E-state index contributed by atoms with van der Waals surface area (Å²) in [5.74, 6) is -0.558. The van der Waals surface area contributed by atoms with Crippen molar-refractivity contribution in [1.82, 2.24) is 0 Å². The highest BCUT2D eigenvalue weighted by Gasteiger charge is 2.08. The van der Waals surface area contributed by atoms with Crippen molar-refractivity contribution < 1.29 is 15.0 Å². The summed E-state index contributed by atoms with van der Waals surface area (Å²) in [6, 6.07) is 0. The van der Waals surface area contributed by atoms with Gasteiger partial charge in [-0.2, -0.15) is 0 Å². The van der Waals surface area contributed by atoms with Crippen LogP contribution < -0.4 is 0 Å². The molecule has 11 heavy (non-hydrogen) atoms. The molecule has 0 bridgehead atoms. The zero-order valence-electron chi connectivity index (χ0n) is 7.08. The predicted molar refractivity (Wildman–Crippen MR) is 42.3 cm³/mol. The van der Waals surface area contributed by atoms with Crippen molar-refractivity contribution in [3.63, 3.8) is 0 Å². The van der Waals surface area contributed by atoms with Crippen LogP contribution in [0.5, 0.6) is 0 Å². The molecule has 0 heterocycles. The minimum absolute atomic E-state index is 0.203. The fraction of sp³-hybridized carbons (Fsp3) is 0.875. The minimum atomic E-state index is -0.761. The first-order valence-corrected chi connectivity index (χ1v) is 3.94. The molecular formula is C8H16O3. The van der Waals surface area contributed by atoms with Crippen molar-refractivity contribution in [2.75, 3.05) is 0 Å². The molecule has 0 unspecified atom stereocenters. The van der Waals surface area contributed by atoms with Gasteiger partial charge in [0.15, 0.2) is 0 Å². The normalized spacial score (nSPS) is 15.9. The van der Waals surface area contributed by atoms with Gasteiger partial charge in [0.25, 0.3) is 0 Å². The Morgan fingerprint density at radius 3 is 2.36 bits per heavy atom. The quantitative estimate of drug-likeness (QED) is 0.636. The van der Waals surface area contributed by atoms with Gasteiger partial charge in [-0.3, -0.25) is 4.79 Å². The van der Waals surface area contributed by atoms with Crippen LogP contribution in [0.25, 0.3) is 0 Å². The molecule has 0 saturated heterocycles. The van der Waals surface area contributed by atoms with Gasteiger partial charge in [-0.1, -0.05) is 6.92 Å². The topological polar surface area (TPSA) is 57.5 Å². The van der Waals surface area contributed by atoms with Crippen LogP contribution in [0.2, 0.25) is 0 Å². The summed E-state index contributed by atoms with van der Waals surface area (Å²) in [5.41, 5.74) is 0. The van der Waals surface area contributed by atoms with Crippen LogP contribution in [0.1, 0.15) is 33.1 Å². The molecule has 0 aliphatic rings. The maximum Gasteiger partial charge on any atom is 0.303 e. The number of aliphatic carboxylic acids is 1. The third kappa shape index (κ3) is 5.85. The van der Waals surface area contributed by atoms with Gasteiger partial charge < -0.3 is 10.2 Å². The molecule has 2 atom stereocenters. The maximum atomic E-state index is 10.1. The Morgan fingerprint density at radius 2 is 2.00 bits per heavy atom. The second-order valence-electron chi connectivity index (χ2n) is 3.00. The number of carboxylic acid groups (broad SMARTS) is 1. The number of hydrogen-bond donors (Lipinski definition) is 2. The molecular weight excluding hydrogens is 144 g/mol. The summed E-state index contributed by atoms with van der Waals surface area (Å²) in [6.45, 7) is 3.65. The van der Waals surface area contributed by atoms with Gasteiger partial charge in [0.2, 0.25) is 0 Å². The lowest BCUT2D eigenvalue weighted by Crippen LogP contribution is -2.13. The molecule has 0 aromatic heterocycles. The molecule has 2 N–H and O–H groups in total. The lowest BCUT2D eigenvalue weighted by molar-refractivity contribution is -0.137. The average Bonchev–Trinajstić information content (AvgIpc) is 1.86. The van der Waals surface area contributed by atoms with E-state index in [0.29, 0.717) is 6.42 Å². The molecule has 0 radical (unpaired) electrons. The zero-order chi connectivity index (χ0) is 8.85. The second-order valence-corrected chi connectivity index (χ2v) is 3.00. The van der Waals surface area contributed by atoms with Crippen molar-refractivity contribution in [2.24, 2.45) is 5.92 Å². The van der Waals surface area contributed by atoms with Crippen LogP contribution in [-0.4, -0.2) is 22.3 Å². The Balaban J connectivity index is 3.31. The highest BCUT2D eigenvalue weighted by Crippen LogP contribution is 2.11. The number of rotatable bonds is 5. The summed E-state index contributed by atoms with van der Waals surface area (Å²) in [7, 11) is 0. The van der Waals surface area contributed by atoms with Crippen molar-refractivity contribution in [3.8, 4) is 0 Å². The molecule has 0 aliphatic carbocycles. The largest absolute Gasteiger partial charge is 0.481 e. The second kappa shape index (κ2) is 5.13. The monoisotopic (exact) mass is 160 g/mol. The first kappa shape index (κ1) is 10.4. The van der Waals surface area contributed by atoms with E-state index in [1.54, 1.807) is 6.92 Å². The van der Waals surface area contributed by atoms with E-state index in [9.17, 15) is 4.79 Å². The van der Waals surface area contributed by atoms with Crippen LogP contribution >= 0.6 is 0 Å². The van der Waals surface area contributed by atoms with Crippen LogP contribution in [0.15, 0.2) is 0 Å². The van der Waals surface area contributed by atoms with E-state index in [1.807, 2.05) is 6.92 Å². The number of carbonyl (C=O) groups is 1. The van der Waals surface area contributed by atoms with Crippen LogP contribution in [0.3, 0.4) is 0 Å². The highest BCUT2D eigenvalue weighted by molar-refractivity contribution is 5.66. The molecule has 0 aromatic rings. The van der Waals surface area contributed by atoms with E-state index in [1.165, 1.54) is 0 Å². The number of carboxylic acids is 1. The van der Waals surface area contributed by atoms with Crippen LogP contribution in [-0.2, 0) is 4.79 Å². The number of hydrogen-bond acceptors (Lipinski definition) is 2. The molecule has 0 saturated carbocycles. The van der Waals surface area contributed by atoms with E-state index >= 15 is 0 Å². The van der Waals surface area contributed by atoms with Gasteiger partial charge in [0.1, 0.15) is 0 Å². The summed E-state index contributed by atoms with van der Waals surface area (Å²) >= 11 is 0. The van der Waals surface area contributed by atoms with E-state index in [2.05, 4.69) is 0 Å². The first-order valence-electron chi connectivity index (χ1n) is 3.94. The Hall–Kier alpha value is -0.570. The Bertz CT molecular complexity index is 121. The van der Waals surface area contributed by atoms with E-state index < -0.39 is 5.97 Å². The molecule has 3 nitrogen and oxygen atoms in total. The molecule has 0 amide bonds. The van der Waals surface area contributed by atoms with Gasteiger partial charge in [0, 0.05) is 6.42 Å². The number of aliphatic hydroxyl groups is 1. The summed E-state index contributed by atoms with van der Waals surface area (Å²) in [6.07, 6.45) is 1.31. The fourth-order valence-corrected chi connectivity index (χ4v) is 0.816. The van der Waals surface area contributed by atoms with Gasteiger partial charge in [-0.15, -0.1) is 0 Å². The molecule has 0 aromatic carbocycles. The zero-order valence-corrected chi connectivity index (χ0v) is 7.08. The highest BCUT2D eigenvalue weighted by atomic mass is 16.4. The Morgan fingerprint density at radius 1 is 1.45 bits per heavy atom. The maximum absolute atomic E-state index is 10.1. The first-order chi connectivity index (χ1) is 5.04. The summed E-state index contributed by atoms with van der Waals surface area (Å²) in [5, 5.41) is 17.3. The summed E-state index contributed by atoms with van der Waals surface area (Å²) in [4.78, 5) is 10.1. The predicted octanol–water partition coefficient (Wildman–Crippen LogP) is 1.26. The van der Waals surface area contributed by atoms with Gasteiger partial charge in [0.05, 0.1) is 6.10 Å². The molecule has 0 aliphatic heterocycles. The van der Waals surface area contributed by atoms with Crippen molar-refractivity contribution >= 4 is 5.97 Å². The van der Waals surface area contributed by atoms with Crippen molar-refractivity contribution in [1.29, 1.82) is 0 Å². The fourth-order valence-electron chi connectivity index (χ4n) is 0.816. The van der Waals surface area contributed by atoms with Gasteiger partial charge in [-0.05, 0) is 25.7 Å². The average molecular weight is 160 g/mol. The molecule has 3 heteroatoms. The molecule has 66 valence electrons. The third-order valence-electron chi connectivity index (χ3n) is 1.87. The smallest absolute Gasteiger partial charge is 0.303 e. The van der Waals surface area contributed by atoms with Crippen LogP contribution in [0, 0.1) is 5.92 Å². The Kier molecular flexibility index (Phi) is 4.86. The minimum Gasteiger partial charge on any atom is -0.481 e. The molecule has 0 spiro atoms. The van der Waals surface area contributed by atoms with E-state index in [4.69, 9.17) is 10.2 Å². The molecule has 0 fully saturated rings. The van der Waals surface area contributed by atoms with Crippen molar-refractivity contribution in [3.05, 3.63) is 0 Å². The van der Waals surface area contributed by atoms with E-state index in [-0.39, 0.29) is 18.4 Å². The lowest BCUT2D eigenvalue weighted by Gasteiger charge is -2.12. The Labute approximate surface area is 67.0 Å². The molecule has 0 rings (SSSR count). The van der Waals surface area contributed by atoms with Gasteiger partial charge >= 0.3 is 5.97 Å². The third-order valence-corrected chi connectivity index (χ3v) is 1.87. The standard InChI is InChI=1S/C8H16O3/c1-6(7(2)9)4-3-5-8(10)11/h6-7,9H,3-5H2,1-2H3,(H,10,11)/t6-,7+/m1/s1.